The normalized spacial score (nSPS) is 12.3. The second-order valence-corrected chi connectivity index (χ2v) is 4.72. The Hall–Kier alpha value is -1.38. The van der Waals surface area contributed by atoms with Crippen molar-refractivity contribution in [1.82, 2.24) is 14.6 Å². The van der Waals surface area contributed by atoms with Crippen molar-refractivity contribution < 1.29 is 0 Å². The summed E-state index contributed by atoms with van der Waals surface area (Å²) in [4.78, 5) is 4.36. The fourth-order valence-electron chi connectivity index (χ4n) is 1.39. The van der Waals surface area contributed by atoms with Gasteiger partial charge in [-0.25, -0.2) is 9.50 Å². The minimum atomic E-state index is 0.00631. The Kier molecular flexibility index (Phi) is 1.84. The van der Waals surface area contributed by atoms with Crippen LogP contribution in [-0.4, -0.2) is 14.6 Å². The lowest BCUT2D eigenvalue weighted by Crippen LogP contribution is -2.17. The summed E-state index contributed by atoms with van der Waals surface area (Å²) in [7, 11) is 0. The monoisotopic (exact) mass is 189 g/mol. The number of aryl methyl sites for hydroxylation is 1. The molecule has 2 aromatic rings. The van der Waals surface area contributed by atoms with Gasteiger partial charge in [-0.05, 0) is 18.6 Å². The summed E-state index contributed by atoms with van der Waals surface area (Å²) in [6, 6.07) is 2.08. The van der Waals surface area contributed by atoms with Crippen LogP contribution in [0.3, 0.4) is 0 Å². The highest BCUT2D eigenvalue weighted by Crippen LogP contribution is 2.18. The Morgan fingerprint density at radius 1 is 1.29 bits per heavy atom. The molecule has 0 amide bonds. The van der Waals surface area contributed by atoms with Crippen molar-refractivity contribution in [3.05, 3.63) is 29.8 Å². The third kappa shape index (κ3) is 1.50. The highest BCUT2D eigenvalue weighted by atomic mass is 15.2. The number of hydrogen-bond acceptors (Lipinski definition) is 2. The first-order valence-electron chi connectivity index (χ1n) is 4.79. The second kappa shape index (κ2) is 2.80. The lowest BCUT2D eigenvalue weighted by Gasteiger charge is -2.15. The van der Waals surface area contributed by atoms with Crippen LogP contribution in [-0.2, 0) is 5.41 Å². The van der Waals surface area contributed by atoms with Crippen molar-refractivity contribution in [1.29, 1.82) is 0 Å². The van der Waals surface area contributed by atoms with E-state index in [0.29, 0.717) is 0 Å². The molecule has 0 unspecified atom stereocenters. The van der Waals surface area contributed by atoms with Crippen molar-refractivity contribution in [2.75, 3.05) is 0 Å². The first-order chi connectivity index (χ1) is 6.47. The smallest absolute Gasteiger partial charge is 0.154 e. The molecule has 0 aliphatic carbocycles. The fraction of sp³-hybridized carbons (Fsp3) is 0.455. The van der Waals surface area contributed by atoms with E-state index in [2.05, 4.69) is 43.8 Å². The zero-order valence-electron chi connectivity index (χ0n) is 9.07. The van der Waals surface area contributed by atoms with E-state index >= 15 is 0 Å². The van der Waals surface area contributed by atoms with Crippen LogP contribution in [0.5, 0.6) is 0 Å². The lowest BCUT2D eigenvalue weighted by atomic mass is 9.96. The second-order valence-electron chi connectivity index (χ2n) is 4.72. The van der Waals surface area contributed by atoms with Crippen molar-refractivity contribution >= 4 is 5.52 Å². The van der Waals surface area contributed by atoms with Crippen LogP contribution >= 0.6 is 0 Å². The first kappa shape index (κ1) is 9.19. The SMILES string of the molecule is Cc1cc2cnc(C(C)(C)C)nn2c1. The third-order valence-electron chi connectivity index (χ3n) is 2.16. The maximum atomic E-state index is 4.47. The molecule has 2 rings (SSSR count). The predicted octanol–water partition coefficient (Wildman–Crippen LogP) is 2.34. The molecule has 0 fully saturated rings. The van der Waals surface area contributed by atoms with Gasteiger partial charge in [0.15, 0.2) is 5.82 Å². The van der Waals surface area contributed by atoms with Crippen LogP contribution < -0.4 is 0 Å². The van der Waals surface area contributed by atoms with E-state index in [1.54, 1.807) is 0 Å². The van der Waals surface area contributed by atoms with E-state index in [1.807, 2.05) is 16.9 Å². The summed E-state index contributed by atoms with van der Waals surface area (Å²) < 4.78 is 1.89. The molecule has 0 aliphatic heterocycles. The molecule has 0 bridgehead atoms. The Morgan fingerprint density at radius 2 is 2.00 bits per heavy atom. The molecule has 0 aromatic carbocycles. The zero-order chi connectivity index (χ0) is 10.3. The minimum Gasteiger partial charge on any atom is -0.237 e. The standard InChI is InChI=1S/C11H15N3/c1-8-5-9-6-12-10(11(2,3)4)13-14(9)7-8/h5-7H,1-4H3. The molecule has 3 heteroatoms. The van der Waals surface area contributed by atoms with E-state index in [4.69, 9.17) is 0 Å². The van der Waals surface area contributed by atoms with E-state index in [9.17, 15) is 0 Å². The summed E-state index contributed by atoms with van der Waals surface area (Å²) in [5.74, 6) is 0.876. The van der Waals surface area contributed by atoms with Crippen LogP contribution in [0.25, 0.3) is 5.52 Å². The number of nitrogens with zero attached hydrogens (tertiary/aromatic N) is 3. The van der Waals surface area contributed by atoms with Gasteiger partial charge in [0, 0.05) is 11.6 Å². The zero-order valence-corrected chi connectivity index (χ0v) is 9.07. The molecule has 0 atom stereocenters. The average molecular weight is 189 g/mol. The Bertz CT molecular complexity index is 463. The topological polar surface area (TPSA) is 30.2 Å². The summed E-state index contributed by atoms with van der Waals surface area (Å²) in [5.41, 5.74) is 2.27. The van der Waals surface area contributed by atoms with Crippen molar-refractivity contribution in [2.45, 2.75) is 33.1 Å². The molecule has 0 N–H and O–H groups in total. The van der Waals surface area contributed by atoms with Gasteiger partial charge in [0.25, 0.3) is 0 Å². The molecule has 0 radical (unpaired) electrons. The number of hydrogen-bond donors (Lipinski definition) is 0. The quantitative estimate of drug-likeness (QED) is 0.636. The largest absolute Gasteiger partial charge is 0.237 e. The number of aromatic nitrogens is 3. The fourth-order valence-corrected chi connectivity index (χ4v) is 1.39. The average Bonchev–Trinajstić information content (AvgIpc) is 2.41. The summed E-state index contributed by atoms with van der Waals surface area (Å²) >= 11 is 0. The van der Waals surface area contributed by atoms with Gasteiger partial charge in [-0.1, -0.05) is 20.8 Å². The molecule has 0 saturated heterocycles. The van der Waals surface area contributed by atoms with E-state index < -0.39 is 0 Å². The Labute approximate surface area is 83.8 Å². The minimum absolute atomic E-state index is 0.00631. The molecule has 0 saturated carbocycles. The molecule has 2 heterocycles. The summed E-state index contributed by atoms with van der Waals surface area (Å²) in [6.45, 7) is 8.41. The van der Waals surface area contributed by atoms with Gasteiger partial charge in [-0.2, -0.15) is 5.10 Å². The highest BCUT2D eigenvalue weighted by molar-refractivity contribution is 5.46. The van der Waals surface area contributed by atoms with Crippen molar-refractivity contribution in [3.63, 3.8) is 0 Å². The predicted molar refractivity (Wildman–Crippen MR) is 56.4 cm³/mol. The Balaban J connectivity index is 2.62. The molecular weight excluding hydrogens is 174 g/mol. The van der Waals surface area contributed by atoms with Gasteiger partial charge in [-0.15, -0.1) is 0 Å². The summed E-state index contributed by atoms with van der Waals surface area (Å²) in [5, 5.41) is 4.47. The van der Waals surface area contributed by atoms with Gasteiger partial charge in [0.2, 0.25) is 0 Å². The van der Waals surface area contributed by atoms with E-state index in [-0.39, 0.29) is 5.41 Å². The first-order valence-corrected chi connectivity index (χ1v) is 4.79. The third-order valence-corrected chi connectivity index (χ3v) is 2.16. The lowest BCUT2D eigenvalue weighted by molar-refractivity contribution is 0.529. The van der Waals surface area contributed by atoms with Gasteiger partial charge in [-0.3, -0.25) is 0 Å². The summed E-state index contributed by atoms with van der Waals surface area (Å²) in [6.07, 6.45) is 3.90. The molecular formula is C11H15N3. The highest BCUT2D eigenvalue weighted by Gasteiger charge is 2.17. The number of rotatable bonds is 0. The van der Waals surface area contributed by atoms with Gasteiger partial charge in [0.05, 0.1) is 11.7 Å². The molecule has 74 valence electrons. The van der Waals surface area contributed by atoms with Gasteiger partial charge in [0.1, 0.15) is 0 Å². The van der Waals surface area contributed by atoms with Gasteiger partial charge < -0.3 is 0 Å². The van der Waals surface area contributed by atoms with Crippen LogP contribution in [0, 0.1) is 6.92 Å². The van der Waals surface area contributed by atoms with Crippen LogP contribution in [0.2, 0.25) is 0 Å². The van der Waals surface area contributed by atoms with Crippen LogP contribution in [0.1, 0.15) is 32.2 Å². The van der Waals surface area contributed by atoms with Crippen LogP contribution in [0.15, 0.2) is 18.5 Å². The van der Waals surface area contributed by atoms with E-state index in [0.717, 1.165) is 11.3 Å². The maximum Gasteiger partial charge on any atom is 0.154 e. The molecule has 0 spiro atoms. The Morgan fingerprint density at radius 3 is 2.64 bits per heavy atom. The molecule has 2 aromatic heterocycles. The molecule has 3 nitrogen and oxygen atoms in total. The molecule has 14 heavy (non-hydrogen) atoms. The maximum absolute atomic E-state index is 4.47. The van der Waals surface area contributed by atoms with Crippen molar-refractivity contribution in [3.8, 4) is 0 Å². The van der Waals surface area contributed by atoms with E-state index in [1.165, 1.54) is 5.56 Å². The van der Waals surface area contributed by atoms with Crippen molar-refractivity contribution in [2.24, 2.45) is 0 Å². The number of fused-ring (bicyclic) bond motifs is 1. The van der Waals surface area contributed by atoms with Crippen LogP contribution in [0.4, 0.5) is 0 Å². The van der Waals surface area contributed by atoms with Gasteiger partial charge >= 0.3 is 0 Å². The molecule has 0 aliphatic rings.